The second kappa shape index (κ2) is 2.95. The SMILES string of the molecule is Cc1cc2c(N)noc2c(C(C)(C)C)n1. The van der Waals surface area contributed by atoms with Crippen molar-refractivity contribution in [3.8, 4) is 0 Å². The van der Waals surface area contributed by atoms with E-state index >= 15 is 0 Å². The Bertz CT molecular complexity index is 508. The van der Waals surface area contributed by atoms with Gasteiger partial charge in [-0.25, -0.2) is 0 Å². The Morgan fingerprint density at radius 3 is 2.60 bits per heavy atom. The highest BCUT2D eigenvalue weighted by Crippen LogP contribution is 2.31. The van der Waals surface area contributed by atoms with Crippen molar-refractivity contribution in [2.75, 3.05) is 5.73 Å². The first kappa shape index (κ1) is 9.96. The Morgan fingerprint density at radius 1 is 1.33 bits per heavy atom. The van der Waals surface area contributed by atoms with Crippen molar-refractivity contribution < 1.29 is 4.52 Å². The average molecular weight is 205 g/mol. The van der Waals surface area contributed by atoms with Crippen molar-refractivity contribution in [3.63, 3.8) is 0 Å². The van der Waals surface area contributed by atoms with Gasteiger partial charge < -0.3 is 10.3 Å². The monoisotopic (exact) mass is 205 g/mol. The predicted octanol–water partition coefficient (Wildman–Crippen LogP) is 2.41. The van der Waals surface area contributed by atoms with Gasteiger partial charge in [0.15, 0.2) is 11.4 Å². The highest BCUT2D eigenvalue weighted by atomic mass is 16.5. The zero-order chi connectivity index (χ0) is 11.2. The van der Waals surface area contributed by atoms with Crippen LogP contribution in [0.5, 0.6) is 0 Å². The molecule has 4 nitrogen and oxygen atoms in total. The molecule has 0 unspecified atom stereocenters. The Labute approximate surface area is 88.5 Å². The molecule has 0 fully saturated rings. The molecule has 0 amide bonds. The van der Waals surface area contributed by atoms with E-state index in [4.69, 9.17) is 10.3 Å². The molecule has 2 heterocycles. The van der Waals surface area contributed by atoms with Gasteiger partial charge in [-0.1, -0.05) is 25.9 Å². The Balaban J connectivity index is 2.84. The number of nitrogens with zero attached hydrogens (tertiary/aromatic N) is 2. The number of anilines is 1. The topological polar surface area (TPSA) is 64.9 Å². The second-order valence-electron chi connectivity index (χ2n) is 4.81. The summed E-state index contributed by atoms with van der Waals surface area (Å²) in [6.45, 7) is 8.22. The van der Waals surface area contributed by atoms with E-state index in [2.05, 4.69) is 30.9 Å². The van der Waals surface area contributed by atoms with Crippen molar-refractivity contribution in [2.45, 2.75) is 33.1 Å². The third-order valence-electron chi connectivity index (χ3n) is 2.32. The summed E-state index contributed by atoms with van der Waals surface area (Å²) in [5, 5.41) is 4.63. The molecular formula is C11H15N3O. The summed E-state index contributed by atoms with van der Waals surface area (Å²) in [7, 11) is 0. The van der Waals surface area contributed by atoms with Gasteiger partial charge in [-0.05, 0) is 13.0 Å². The number of aryl methyl sites for hydroxylation is 1. The first-order chi connectivity index (χ1) is 6.89. The minimum atomic E-state index is -0.0732. The molecule has 0 atom stereocenters. The fourth-order valence-electron chi connectivity index (χ4n) is 1.60. The lowest BCUT2D eigenvalue weighted by Crippen LogP contribution is -2.14. The lowest BCUT2D eigenvalue weighted by atomic mass is 9.90. The standard InChI is InChI=1S/C11H15N3O/c1-6-5-7-8(15-14-10(7)12)9(13-6)11(2,3)4/h5H,1-4H3,(H2,12,14). The van der Waals surface area contributed by atoms with Crippen LogP contribution in [0.15, 0.2) is 10.6 Å². The van der Waals surface area contributed by atoms with E-state index in [0.717, 1.165) is 16.8 Å². The maximum absolute atomic E-state index is 5.72. The summed E-state index contributed by atoms with van der Waals surface area (Å²) < 4.78 is 5.22. The third kappa shape index (κ3) is 1.56. The van der Waals surface area contributed by atoms with E-state index in [1.54, 1.807) is 0 Å². The van der Waals surface area contributed by atoms with Gasteiger partial charge in [-0.15, -0.1) is 0 Å². The quantitative estimate of drug-likeness (QED) is 0.717. The molecule has 0 bridgehead atoms. The smallest absolute Gasteiger partial charge is 0.191 e. The molecule has 4 heteroatoms. The lowest BCUT2D eigenvalue weighted by molar-refractivity contribution is 0.446. The van der Waals surface area contributed by atoms with Crippen LogP contribution >= 0.6 is 0 Å². The van der Waals surface area contributed by atoms with Crippen molar-refractivity contribution in [1.29, 1.82) is 0 Å². The Hall–Kier alpha value is -1.58. The number of nitrogens with two attached hydrogens (primary N) is 1. The lowest BCUT2D eigenvalue weighted by Gasteiger charge is -2.17. The molecule has 0 saturated carbocycles. The summed E-state index contributed by atoms with van der Waals surface area (Å²) in [4.78, 5) is 4.50. The zero-order valence-electron chi connectivity index (χ0n) is 9.46. The molecule has 0 spiro atoms. The van der Waals surface area contributed by atoms with E-state index in [9.17, 15) is 0 Å². The van der Waals surface area contributed by atoms with Crippen molar-refractivity contribution >= 4 is 16.8 Å². The summed E-state index contributed by atoms with van der Waals surface area (Å²) >= 11 is 0. The summed E-state index contributed by atoms with van der Waals surface area (Å²) in [6.07, 6.45) is 0. The van der Waals surface area contributed by atoms with Crippen LogP contribution in [0.1, 0.15) is 32.2 Å². The second-order valence-corrected chi connectivity index (χ2v) is 4.81. The van der Waals surface area contributed by atoms with Gasteiger partial charge in [-0.2, -0.15) is 0 Å². The minimum Gasteiger partial charge on any atom is -0.380 e. The fourth-order valence-corrected chi connectivity index (χ4v) is 1.60. The maximum Gasteiger partial charge on any atom is 0.191 e. The van der Waals surface area contributed by atoms with E-state index in [1.807, 2.05) is 13.0 Å². The molecule has 2 aromatic heterocycles. The minimum absolute atomic E-state index is 0.0732. The van der Waals surface area contributed by atoms with E-state index in [-0.39, 0.29) is 5.41 Å². The molecule has 0 aliphatic rings. The van der Waals surface area contributed by atoms with Crippen LogP contribution in [0.3, 0.4) is 0 Å². The molecule has 0 aromatic carbocycles. The van der Waals surface area contributed by atoms with Crippen LogP contribution in [-0.2, 0) is 5.41 Å². The predicted molar refractivity (Wildman–Crippen MR) is 59.7 cm³/mol. The molecule has 15 heavy (non-hydrogen) atoms. The largest absolute Gasteiger partial charge is 0.380 e. The van der Waals surface area contributed by atoms with Gasteiger partial charge in [0, 0.05) is 11.1 Å². The number of aromatic nitrogens is 2. The Kier molecular flexibility index (Phi) is 1.96. The molecule has 0 aliphatic heterocycles. The van der Waals surface area contributed by atoms with Crippen molar-refractivity contribution in [2.24, 2.45) is 0 Å². The zero-order valence-corrected chi connectivity index (χ0v) is 9.46. The normalized spacial score (nSPS) is 12.3. The van der Waals surface area contributed by atoms with E-state index in [1.165, 1.54) is 0 Å². The van der Waals surface area contributed by atoms with Crippen LogP contribution in [0, 0.1) is 6.92 Å². The van der Waals surface area contributed by atoms with Gasteiger partial charge in [0.1, 0.15) is 0 Å². The van der Waals surface area contributed by atoms with Crippen LogP contribution in [-0.4, -0.2) is 10.1 Å². The molecule has 2 rings (SSSR count). The molecule has 2 aromatic rings. The van der Waals surface area contributed by atoms with Crippen LogP contribution < -0.4 is 5.73 Å². The third-order valence-corrected chi connectivity index (χ3v) is 2.32. The number of hydrogen-bond donors (Lipinski definition) is 1. The number of hydrogen-bond acceptors (Lipinski definition) is 4. The molecule has 0 radical (unpaired) electrons. The maximum atomic E-state index is 5.72. The van der Waals surface area contributed by atoms with Crippen LogP contribution in [0.2, 0.25) is 0 Å². The number of nitrogen functional groups attached to an aromatic ring is 1. The Morgan fingerprint density at radius 2 is 2.00 bits per heavy atom. The first-order valence-corrected chi connectivity index (χ1v) is 4.92. The molecule has 0 saturated heterocycles. The van der Waals surface area contributed by atoms with Crippen molar-refractivity contribution in [1.82, 2.24) is 10.1 Å². The number of fused-ring (bicyclic) bond motifs is 1. The summed E-state index contributed by atoms with van der Waals surface area (Å²) in [6, 6.07) is 1.90. The van der Waals surface area contributed by atoms with Gasteiger partial charge in [0.25, 0.3) is 0 Å². The molecule has 80 valence electrons. The van der Waals surface area contributed by atoms with Gasteiger partial charge >= 0.3 is 0 Å². The molecule has 2 N–H and O–H groups in total. The fraction of sp³-hybridized carbons (Fsp3) is 0.455. The summed E-state index contributed by atoms with van der Waals surface area (Å²) in [5.41, 5.74) is 8.19. The first-order valence-electron chi connectivity index (χ1n) is 4.92. The van der Waals surface area contributed by atoms with Crippen molar-refractivity contribution in [3.05, 3.63) is 17.5 Å². The van der Waals surface area contributed by atoms with Crippen LogP contribution in [0.4, 0.5) is 5.82 Å². The van der Waals surface area contributed by atoms with Gasteiger partial charge in [0.05, 0.1) is 11.1 Å². The van der Waals surface area contributed by atoms with Gasteiger partial charge in [0.2, 0.25) is 0 Å². The highest BCUT2D eigenvalue weighted by Gasteiger charge is 2.23. The molecular weight excluding hydrogens is 190 g/mol. The van der Waals surface area contributed by atoms with E-state index < -0.39 is 0 Å². The summed E-state index contributed by atoms with van der Waals surface area (Å²) in [5.74, 6) is 0.431. The van der Waals surface area contributed by atoms with E-state index in [0.29, 0.717) is 11.4 Å². The van der Waals surface area contributed by atoms with Crippen LogP contribution in [0.25, 0.3) is 11.0 Å². The number of pyridine rings is 1. The molecule has 0 aliphatic carbocycles. The number of rotatable bonds is 0. The van der Waals surface area contributed by atoms with Gasteiger partial charge in [-0.3, -0.25) is 4.98 Å². The average Bonchev–Trinajstić information content (AvgIpc) is 2.45. The highest BCUT2D eigenvalue weighted by molar-refractivity contribution is 5.89.